The molecular weight excluding hydrogens is 432 g/mol. The molecule has 0 saturated carbocycles. The number of nitrogens with zero attached hydrogens (tertiary/aromatic N) is 1. The van der Waals surface area contributed by atoms with Gasteiger partial charge in [-0.05, 0) is 25.4 Å². The summed E-state index contributed by atoms with van der Waals surface area (Å²) in [7, 11) is 1.50. The number of esters is 2. The lowest BCUT2D eigenvalue weighted by atomic mass is 10.3. The molecule has 0 rings (SSSR count). The van der Waals surface area contributed by atoms with Crippen molar-refractivity contribution in [1.29, 1.82) is 0 Å². The van der Waals surface area contributed by atoms with Crippen molar-refractivity contribution in [1.82, 2.24) is 4.90 Å². The Morgan fingerprint density at radius 2 is 1.38 bits per heavy atom. The number of carbonyl (C=O) groups is 4. The Balaban J connectivity index is -0.000000150. The van der Waals surface area contributed by atoms with Crippen molar-refractivity contribution in [2.24, 2.45) is 0 Å². The molecule has 0 heterocycles. The van der Waals surface area contributed by atoms with Gasteiger partial charge in [-0.3, -0.25) is 19.2 Å². The summed E-state index contributed by atoms with van der Waals surface area (Å²) in [5, 5.41) is -0.508. The first kappa shape index (κ1) is 32.8. The van der Waals surface area contributed by atoms with Gasteiger partial charge < -0.3 is 14.4 Å². The van der Waals surface area contributed by atoms with E-state index in [4.69, 9.17) is 34.8 Å². The molecule has 0 aliphatic carbocycles. The van der Waals surface area contributed by atoms with E-state index in [1.54, 1.807) is 13.8 Å². The molecule has 0 aromatic heterocycles. The van der Waals surface area contributed by atoms with Gasteiger partial charge in [0.05, 0.1) is 38.9 Å². The van der Waals surface area contributed by atoms with Crippen LogP contribution < -0.4 is 0 Å². The SMILES string of the molecule is CCOC(=O)CN(C)C(=O)CCl.Cl.O=C(Cl)CCl.[CH2+]CCC(=O)OCC. The maximum atomic E-state index is 10.8. The average molecular weight is 458 g/mol. The first-order chi connectivity index (χ1) is 11.7. The average Bonchev–Trinajstić information content (AvgIpc) is 2.55. The molecule has 0 radical (unpaired) electrons. The van der Waals surface area contributed by atoms with Crippen LogP contribution in [-0.4, -0.2) is 66.6 Å². The van der Waals surface area contributed by atoms with E-state index >= 15 is 0 Å². The molecule has 1 amide bonds. The molecule has 0 aliphatic heterocycles. The number of ether oxygens (including phenoxy) is 2. The van der Waals surface area contributed by atoms with Crippen LogP contribution in [0.25, 0.3) is 0 Å². The van der Waals surface area contributed by atoms with Gasteiger partial charge in [-0.25, -0.2) is 0 Å². The van der Waals surface area contributed by atoms with Crippen molar-refractivity contribution in [3.05, 3.63) is 6.92 Å². The Labute approximate surface area is 176 Å². The Bertz CT molecular complexity index is 388. The van der Waals surface area contributed by atoms with E-state index in [2.05, 4.69) is 16.4 Å². The lowest BCUT2D eigenvalue weighted by molar-refractivity contribution is -0.147. The Kier molecular flexibility index (Phi) is 30.4. The van der Waals surface area contributed by atoms with Gasteiger partial charge in [-0.15, -0.1) is 35.6 Å². The molecule has 0 spiro atoms. The third kappa shape index (κ3) is 27.9. The Morgan fingerprint density at radius 1 is 0.962 bits per heavy atom. The molecule has 0 unspecified atom stereocenters. The number of hydrogen-bond acceptors (Lipinski definition) is 6. The van der Waals surface area contributed by atoms with E-state index < -0.39 is 11.2 Å². The second-order valence-electron chi connectivity index (χ2n) is 4.09. The number of carbonyl (C=O) groups excluding carboxylic acids is 4. The van der Waals surface area contributed by atoms with Gasteiger partial charge in [0, 0.05) is 7.05 Å². The monoisotopic (exact) mass is 456 g/mol. The van der Waals surface area contributed by atoms with Crippen molar-refractivity contribution in [2.45, 2.75) is 26.7 Å². The lowest BCUT2D eigenvalue weighted by Gasteiger charge is -2.13. The fourth-order valence-electron chi connectivity index (χ4n) is 0.968. The number of rotatable bonds is 8. The second kappa shape index (κ2) is 24.1. The Morgan fingerprint density at radius 3 is 1.69 bits per heavy atom. The molecule has 0 aromatic carbocycles. The fourth-order valence-corrected chi connectivity index (χ4v) is 1.17. The van der Waals surface area contributed by atoms with E-state index in [-0.39, 0.29) is 42.6 Å². The summed E-state index contributed by atoms with van der Waals surface area (Å²) in [6.07, 6.45) is 1.06. The summed E-state index contributed by atoms with van der Waals surface area (Å²) in [5.74, 6) is -1.07. The van der Waals surface area contributed by atoms with E-state index in [1.807, 2.05) is 0 Å². The van der Waals surface area contributed by atoms with Crippen LogP contribution in [0, 0.1) is 6.92 Å². The predicted octanol–water partition coefficient (Wildman–Crippen LogP) is 2.82. The van der Waals surface area contributed by atoms with Crippen LogP contribution in [0.15, 0.2) is 0 Å². The second-order valence-corrected chi connectivity index (χ2v) is 5.04. The highest BCUT2D eigenvalue weighted by Crippen LogP contribution is 1.90. The highest BCUT2D eigenvalue weighted by Gasteiger charge is 2.11. The molecule has 0 bridgehead atoms. The highest BCUT2D eigenvalue weighted by atomic mass is 35.5. The Hall–Kier alpha value is -0.890. The van der Waals surface area contributed by atoms with Crippen molar-refractivity contribution in [3.8, 4) is 0 Å². The van der Waals surface area contributed by atoms with Gasteiger partial charge in [-0.1, -0.05) is 0 Å². The van der Waals surface area contributed by atoms with Crippen LogP contribution in [0.1, 0.15) is 26.7 Å². The first-order valence-corrected chi connectivity index (χ1v) is 8.79. The van der Waals surface area contributed by atoms with Crippen LogP contribution >= 0.6 is 47.2 Å². The third-order valence-electron chi connectivity index (χ3n) is 2.00. The van der Waals surface area contributed by atoms with E-state index in [9.17, 15) is 19.2 Å². The van der Waals surface area contributed by atoms with E-state index in [0.29, 0.717) is 26.1 Å². The number of alkyl halides is 2. The summed E-state index contributed by atoms with van der Waals surface area (Å²) < 4.78 is 9.23. The van der Waals surface area contributed by atoms with Gasteiger partial charge in [0.2, 0.25) is 11.1 Å². The topological polar surface area (TPSA) is 90.0 Å². The summed E-state index contributed by atoms with van der Waals surface area (Å²) in [6.45, 7) is 7.76. The molecule has 0 N–H and O–H groups in total. The minimum Gasteiger partial charge on any atom is -0.466 e. The molecule has 11 heteroatoms. The zero-order valence-corrected chi connectivity index (χ0v) is 18.2. The molecule has 26 heavy (non-hydrogen) atoms. The fraction of sp³-hybridized carbons (Fsp3) is 0.667. The van der Waals surface area contributed by atoms with Crippen molar-refractivity contribution < 1.29 is 28.7 Å². The number of halogens is 4. The molecule has 0 atom stereocenters. The number of amides is 1. The maximum Gasteiger partial charge on any atom is 0.325 e. The van der Waals surface area contributed by atoms with E-state index in [1.165, 1.54) is 11.9 Å². The van der Waals surface area contributed by atoms with Crippen LogP contribution in [0.3, 0.4) is 0 Å². The zero-order chi connectivity index (χ0) is 20.3. The normalized spacial score (nSPS) is 8.38. The smallest absolute Gasteiger partial charge is 0.325 e. The van der Waals surface area contributed by atoms with Crippen LogP contribution in [0.2, 0.25) is 0 Å². The summed E-state index contributed by atoms with van der Waals surface area (Å²) in [6, 6.07) is 0. The summed E-state index contributed by atoms with van der Waals surface area (Å²) >= 11 is 14.8. The predicted molar refractivity (Wildman–Crippen MR) is 105 cm³/mol. The van der Waals surface area contributed by atoms with Gasteiger partial charge in [0.25, 0.3) is 0 Å². The molecule has 154 valence electrons. The quantitative estimate of drug-likeness (QED) is 0.241. The number of likely N-dealkylation sites (N-methyl/N-ethyl adjacent to an activating group) is 1. The first-order valence-electron chi connectivity index (χ1n) is 7.34. The summed E-state index contributed by atoms with van der Waals surface area (Å²) in [4.78, 5) is 42.7. The molecule has 0 saturated heterocycles. The third-order valence-corrected chi connectivity index (χ3v) is 2.74. The zero-order valence-electron chi connectivity index (χ0n) is 15.1. The van der Waals surface area contributed by atoms with Crippen LogP contribution in [0.4, 0.5) is 0 Å². The minimum absolute atomic E-state index is 0. The standard InChI is InChI=1S/C7H12ClNO3.C6H11O2.C2H2Cl2O.ClH/c1-3-12-7(11)5-9(2)6(10)4-8;1-3-5-6(7)8-4-2;3-1-2(4)5;/h3-5H2,1-2H3;1,3-5H2,2H3;1H2;1H/q;+1;;. The molecule has 0 aliphatic rings. The molecule has 0 aromatic rings. The van der Waals surface area contributed by atoms with Gasteiger partial charge in [-0.2, -0.15) is 0 Å². The van der Waals surface area contributed by atoms with Crippen molar-refractivity contribution >= 4 is 70.3 Å². The van der Waals surface area contributed by atoms with Crippen molar-refractivity contribution in [2.75, 3.05) is 38.6 Å². The van der Waals surface area contributed by atoms with Crippen molar-refractivity contribution in [3.63, 3.8) is 0 Å². The minimum atomic E-state index is -0.508. The van der Waals surface area contributed by atoms with E-state index in [0.717, 1.165) is 0 Å². The lowest BCUT2D eigenvalue weighted by Crippen LogP contribution is -2.33. The highest BCUT2D eigenvalue weighted by molar-refractivity contribution is 6.67. The summed E-state index contributed by atoms with van der Waals surface area (Å²) in [5.41, 5.74) is 0. The molecular formula is C15H26Cl4NO6+. The maximum absolute atomic E-state index is 10.8. The largest absolute Gasteiger partial charge is 0.466 e. The number of hydrogen-bond donors (Lipinski definition) is 0. The van der Waals surface area contributed by atoms with Gasteiger partial charge >= 0.3 is 11.9 Å². The van der Waals surface area contributed by atoms with Gasteiger partial charge in [0.15, 0.2) is 0 Å². The van der Waals surface area contributed by atoms with Crippen LogP contribution in [-0.2, 0) is 28.7 Å². The van der Waals surface area contributed by atoms with Crippen LogP contribution in [0.5, 0.6) is 0 Å². The van der Waals surface area contributed by atoms with Gasteiger partial charge in [0.1, 0.15) is 12.4 Å². The molecule has 7 nitrogen and oxygen atoms in total. The molecule has 0 fully saturated rings.